The molecule has 6 heteroatoms. The van der Waals surface area contributed by atoms with Crippen molar-refractivity contribution in [1.82, 2.24) is 0 Å². The molecule has 3 nitrogen and oxygen atoms in total. The van der Waals surface area contributed by atoms with Gasteiger partial charge < -0.3 is 9.84 Å². The van der Waals surface area contributed by atoms with Gasteiger partial charge in [0.05, 0.1) is 0 Å². The summed E-state index contributed by atoms with van der Waals surface area (Å²) < 4.78 is 41.2. The molecule has 17 heavy (non-hydrogen) atoms. The van der Waals surface area contributed by atoms with Crippen molar-refractivity contribution in [2.75, 3.05) is 0 Å². The minimum absolute atomic E-state index is 0.314. The number of alkyl halides is 3. The molecule has 0 aromatic heterocycles. The molecule has 0 bridgehead atoms. The van der Waals surface area contributed by atoms with Crippen LogP contribution in [-0.4, -0.2) is 22.9 Å². The Balaban J connectivity index is 2.62. The Morgan fingerprint density at radius 2 is 1.82 bits per heavy atom. The Hall–Kier alpha value is -1.56. The van der Waals surface area contributed by atoms with Crippen LogP contribution < -0.4 is 0 Å². The van der Waals surface area contributed by atoms with Gasteiger partial charge >= 0.3 is 12.1 Å². The molecule has 1 rings (SSSR count). The molecule has 1 unspecified atom stereocenters. The third-order valence-electron chi connectivity index (χ3n) is 2.16. The van der Waals surface area contributed by atoms with Gasteiger partial charge in [0.15, 0.2) is 0 Å². The van der Waals surface area contributed by atoms with Crippen LogP contribution in [0.5, 0.6) is 0 Å². The van der Waals surface area contributed by atoms with Gasteiger partial charge in [-0.05, 0) is 12.5 Å². The number of ether oxygens (including phenoxy) is 1. The Morgan fingerprint density at radius 3 is 2.29 bits per heavy atom. The lowest BCUT2D eigenvalue weighted by Gasteiger charge is -2.23. The van der Waals surface area contributed by atoms with Crippen LogP contribution in [0.2, 0.25) is 0 Å². The molecule has 0 saturated carbocycles. The van der Waals surface area contributed by atoms with E-state index in [1.165, 1.54) is 0 Å². The number of halogens is 3. The Bertz CT molecular complexity index is 385. The van der Waals surface area contributed by atoms with Crippen molar-refractivity contribution in [3.05, 3.63) is 35.9 Å². The van der Waals surface area contributed by atoms with Crippen molar-refractivity contribution in [2.24, 2.45) is 0 Å². The lowest BCUT2D eigenvalue weighted by atomic mass is 10.1. The monoisotopic (exact) mass is 248 g/mol. The lowest BCUT2D eigenvalue weighted by Crippen LogP contribution is -2.50. The SMILES string of the molecule is CC(O)(C(=O)OCc1ccccc1)C(F)(F)F. The maximum atomic E-state index is 12.3. The highest BCUT2D eigenvalue weighted by molar-refractivity contribution is 5.79. The molecule has 1 N–H and O–H groups in total. The van der Waals surface area contributed by atoms with Crippen LogP contribution in [0.15, 0.2) is 30.3 Å². The third kappa shape index (κ3) is 3.20. The summed E-state index contributed by atoms with van der Waals surface area (Å²) in [5, 5.41) is 9.00. The molecule has 1 aromatic rings. The van der Waals surface area contributed by atoms with Crippen LogP contribution in [0, 0.1) is 0 Å². The fraction of sp³-hybridized carbons (Fsp3) is 0.364. The number of aliphatic hydroxyl groups is 1. The molecule has 0 aliphatic heterocycles. The number of hydrogen-bond acceptors (Lipinski definition) is 3. The van der Waals surface area contributed by atoms with Crippen molar-refractivity contribution in [1.29, 1.82) is 0 Å². The van der Waals surface area contributed by atoms with E-state index in [-0.39, 0.29) is 6.61 Å². The molecule has 0 radical (unpaired) electrons. The van der Waals surface area contributed by atoms with Crippen LogP contribution in [0.4, 0.5) is 13.2 Å². The van der Waals surface area contributed by atoms with E-state index in [1.54, 1.807) is 30.3 Å². The zero-order chi connectivity index (χ0) is 13.1. The van der Waals surface area contributed by atoms with Crippen LogP contribution in [0.25, 0.3) is 0 Å². The van der Waals surface area contributed by atoms with Gasteiger partial charge in [-0.15, -0.1) is 0 Å². The van der Waals surface area contributed by atoms with Gasteiger partial charge in [0, 0.05) is 0 Å². The molecule has 0 fully saturated rings. The van der Waals surface area contributed by atoms with E-state index in [4.69, 9.17) is 5.11 Å². The van der Waals surface area contributed by atoms with E-state index >= 15 is 0 Å². The summed E-state index contributed by atoms with van der Waals surface area (Å²) in [5.41, 5.74) is -2.94. The molecule has 0 amide bonds. The fourth-order valence-electron chi connectivity index (χ4n) is 0.979. The van der Waals surface area contributed by atoms with E-state index in [9.17, 15) is 18.0 Å². The zero-order valence-corrected chi connectivity index (χ0v) is 8.99. The molecular weight excluding hydrogens is 237 g/mol. The highest BCUT2D eigenvalue weighted by Crippen LogP contribution is 2.31. The average Bonchev–Trinajstić information content (AvgIpc) is 2.25. The van der Waals surface area contributed by atoms with Crippen LogP contribution in [0.3, 0.4) is 0 Å². The molecule has 94 valence electrons. The zero-order valence-electron chi connectivity index (χ0n) is 8.99. The Labute approximate surface area is 95.8 Å². The van der Waals surface area contributed by atoms with Gasteiger partial charge in [-0.2, -0.15) is 13.2 Å². The van der Waals surface area contributed by atoms with Crippen LogP contribution in [0.1, 0.15) is 12.5 Å². The van der Waals surface area contributed by atoms with E-state index in [0.29, 0.717) is 12.5 Å². The number of hydrogen-bond donors (Lipinski definition) is 1. The summed E-state index contributed by atoms with van der Waals surface area (Å²) in [7, 11) is 0. The standard InChI is InChI=1S/C11H11F3O3/c1-10(16,11(12,13)14)9(15)17-7-8-5-3-2-4-6-8/h2-6,16H,7H2,1H3. The summed E-state index contributed by atoms with van der Waals surface area (Å²) in [5.74, 6) is -1.71. The van der Waals surface area contributed by atoms with E-state index < -0.39 is 17.7 Å². The highest BCUT2D eigenvalue weighted by Gasteiger charge is 2.57. The number of rotatable bonds is 3. The summed E-state index contributed by atoms with van der Waals surface area (Å²) >= 11 is 0. The summed E-state index contributed by atoms with van der Waals surface area (Å²) in [6, 6.07) is 8.22. The number of carbonyl (C=O) groups is 1. The molecule has 0 aliphatic rings. The second-order valence-corrected chi connectivity index (χ2v) is 3.63. The van der Waals surface area contributed by atoms with Crippen molar-refractivity contribution >= 4 is 5.97 Å². The normalized spacial score (nSPS) is 15.1. The summed E-state index contributed by atoms with van der Waals surface area (Å²) in [4.78, 5) is 11.1. The number of benzene rings is 1. The second kappa shape index (κ2) is 4.75. The predicted molar refractivity (Wildman–Crippen MR) is 52.9 cm³/mol. The van der Waals surface area contributed by atoms with Crippen molar-refractivity contribution in [3.63, 3.8) is 0 Å². The van der Waals surface area contributed by atoms with Gasteiger partial charge in [0.25, 0.3) is 5.60 Å². The largest absolute Gasteiger partial charge is 0.458 e. The molecule has 0 spiro atoms. The van der Waals surface area contributed by atoms with Gasteiger partial charge in [0.2, 0.25) is 0 Å². The molecule has 0 aliphatic carbocycles. The minimum Gasteiger partial charge on any atom is -0.458 e. The smallest absolute Gasteiger partial charge is 0.427 e. The van der Waals surface area contributed by atoms with Crippen molar-refractivity contribution < 1.29 is 27.8 Å². The fourth-order valence-corrected chi connectivity index (χ4v) is 0.979. The first-order valence-electron chi connectivity index (χ1n) is 4.75. The lowest BCUT2D eigenvalue weighted by molar-refractivity contribution is -0.257. The summed E-state index contributed by atoms with van der Waals surface area (Å²) in [6.07, 6.45) is -5.05. The number of esters is 1. The molecule has 0 heterocycles. The predicted octanol–water partition coefficient (Wildman–Crippen LogP) is 2.04. The van der Waals surface area contributed by atoms with Gasteiger partial charge in [0.1, 0.15) is 6.61 Å². The first-order valence-corrected chi connectivity index (χ1v) is 4.75. The minimum atomic E-state index is -5.05. The van der Waals surface area contributed by atoms with Gasteiger partial charge in [-0.25, -0.2) is 4.79 Å². The van der Waals surface area contributed by atoms with Crippen molar-refractivity contribution in [3.8, 4) is 0 Å². The van der Waals surface area contributed by atoms with Crippen molar-refractivity contribution in [2.45, 2.75) is 25.3 Å². The quantitative estimate of drug-likeness (QED) is 0.833. The van der Waals surface area contributed by atoms with Crippen LogP contribution >= 0.6 is 0 Å². The van der Waals surface area contributed by atoms with E-state index in [0.717, 1.165) is 0 Å². The molecule has 1 aromatic carbocycles. The molecular formula is C11H11F3O3. The first-order chi connectivity index (χ1) is 7.75. The highest BCUT2D eigenvalue weighted by atomic mass is 19.4. The number of carbonyl (C=O) groups excluding carboxylic acids is 1. The Kier molecular flexibility index (Phi) is 3.77. The van der Waals surface area contributed by atoms with E-state index in [1.807, 2.05) is 0 Å². The topological polar surface area (TPSA) is 46.5 Å². The first kappa shape index (κ1) is 13.5. The third-order valence-corrected chi connectivity index (χ3v) is 2.16. The Morgan fingerprint density at radius 1 is 1.29 bits per heavy atom. The van der Waals surface area contributed by atoms with Crippen LogP contribution in [-0.2, 0) is 16.1 Å². The maximum Gasteiger partial charge on any atom is 0.427 e. The average molecular weight is 248 g/mol. The van der Waals surface area contributed by atoms with Gasteiger partial charge in [-0.3, -0.25) is 0 Å². The summed E-state index contributed by atoms with van der Waals surface area (Å²) in [6.45, 7) is 0.0478. The second-order valence-electron chi connectivity index (χ2n) is 3.63. The molecule has 1 atom stereocenters. The van der Waals surface area contributed by atoms with Gasteiger partial charge in [-0.1, -0.05) is 30.3 Å². The maximum absolute atomic E-state index is 12.3. The molecule has 0 saturated heterocycles. The van der Waals surface area contributed by atoms with E-state index in [2.05, 4.69) is 4.74 Å².